The van der Waals surface area contributed by atoms with Crippen LogP contribution in [0, 0.1) is 6.57 Å². The highest BCUT2D eigenvalue weighted by Crippen LogP contribution is 2.38. The Morgan fingerprint density at radius 2 is 1.83 bits per heavy atom. The fourth-order valence-electron chi connectivity index (χ4n) is 3.08. The number of rotatable bonds is 2. The maximum Gasteiger partial charge on any atom is 0.324 e. The number of benzene rings is 1. The zero-order valence-corrected chi connectivity index (χ0v) is 12.8. The summed E-state index contributed by atoms with van der Waals surface area (Å²) in [5.74, 6) is 1.99. The molecule has 0 atom stereocenters. The fraction of sp³-hybridized carbons (Fsp3) is 0.353. The number of para-hydroxylation sites is 1. The first-order valence-electron chi connectivity index (χ1n) is 7.80. The molecule has 4 rings (SSSR count). The second kappa shape index (κ2) is 5.86. The van der Waals surface area contributed by atoms with Crippen molar-refractivity contribution in [2.24, 2.45) is 0 Å². The quantitative estimate of drug-likeness (QED) is 0.798. The van der Waals surface area contributed by atoms with Gasteiger partial charge >= 0.3 is 5.95 Å². The largest absolute Gasteiger partial charge is 0.378 e. The monoisotopic (exact) mass is 307 g/mol. The Kier molecular flexibility index (Phi) is 3.56. The van der Waals surface area contributed by atoms with Crippen LogP contribution >= 0.6 is 0 Å². The molecule has 2 aliphatic rings. The van der Waals surface area contributed by atoms with E-state index in [4.69, 9.17) is 16.3 Å². The van der Waals surface area contributed by atoms with Gasteiger partial charge in [-0.3, -0.25) is 0 Å². The van der Waals surface area contributed by atoms with Crippen LogP contribution < -0.4 is 9.80 Å². The highest BCUT2D eigenvalue weighted by molar-refractivity contribution is 5.73. The summed E-state index contributed by atoms with van der Waals surface area (Å²) in [4.78, 5) is 17.2. The van der Waals surface area contributed by atoms with Gasteiger partial charge in [-0.15, -0.1) is 0 Å². The van der Waals surface area contributed by atoms with Crippen LogP contribution in [-0.2, 0) is 11.2 Å². The summed E-state index contributed by atoms with van der Waals surface area (Å²) in [7, 11) is 0. The molecule has 3 heterocycles. The summed E-state index contributed by atoms with van der Waals surface area (Å²) in [6, 6.07) is 10.2. The van der Waals surface area contributed by atoms with Gasteiger partial charge in [0, 0.05) is 30.9 Å². The molecule has 0 spiro atoms. The minimum Gasteiger partial charge on any atom is -0.378 e. The van der Waals surface area contributed by atoms with Gasteiger partial charge in [0.05, 0.1) is 13.2 Å². The van der Waals surface area contributed by atoms with Crippen LogP contribution in [0.1, 0.15) is 5.56 Å². The number of hydrogen-bond acceptors (Lipinski definition) is 5. The third-order valence-electron chi connectivity index (χ3n) is 4.26. The second-order valence-corrected chi connectivity index (χ2v) is 5.60. The molecular formula is C17H17N5O. The maximum absolute atomic E-state index is 7.47. The third-order valence-corrected chi connectivity index (χ3v) is 4.26. The van der Waals surface area contributed by atoms with Gasteiger partial charge in [0.25, 0.3) is 5.82 Å². The molecule has 0 N–H and O–H groups in total. The van der Waals surface area contributed by atoms with Crippen LogP contribution in [0.3, 0.4) is 0 Å². The van der Waals surface area contributed by atoms with Crippen LogP contribution in [-0.4, -0.2) is 42.8 Å². The summed E-state index contributed by atoms with van der Waals surface area (Å²) in [6.45, 7) is 11.2. The summed E-state index contributed by atoms with van der Waals surface area (Å²) in [5.41, 5.74) is 2.06. The Balaban J connectivity index is 1.77. The normalized spacial score (nSPS) is 17.0. The van der Waals surface area contributed by atoms with Gasteiger partial charge in [0.1, 0.15) is 5.82 Å². The number of hydrogen-bond donors (Lipinski definition) is 0. The van der Waals surface area contributed by atoms with Crippen LogP contribution in [0.4, 0.5) is 23.3 Å². The minimum atomic E-state index is 0.481. The van der Waals surface area contributed by atoms with E-state index in [0.29, 0.717) is 25.0 Å². The first-order valence-corrected chi connectivity index (χ1v) is 7.80. The zero-order chi connectivity index (χ0) is 15.6. The molecule has 0 radical (unpaired) electrons. The molecule has 23 heavy (non-hydrogen) atoms. The molecule has 0 bridgehead atoms. The predicted molar refractivity (Wildman–Crippen MR) is 88.5 cm³/mol. The highest BCUT2D eigenvalue weighted by atomic mass is 16.5. The predicted octanol–water partition coefficient (Wildman–Crippen LogP) is 2.56. The summed E-state index contributed by atoms with van der Waals surface area (Å²) in [6.07, 6.45) is 0.811. The van der Waals surface area contributed by atoms with Crippen molar-refractivity contribution in [3.05, 3.63) is 47.3 Å². The van der Waals surface area contributed by atoms with E-state index in [-0.39, 0.29) is 0 Å². The Morgan fingerprint density at radius 1 is 1.04 bits per heavy atom. The molecular weight excluding hydrogens is 290 g/mol. The first kappa shape index (κ1) is 14.0. The number of morpholine rings is 1. The van der Waals surface area contributed by atoms with Crippen LogP contribution in [0.15, 0.2) is 30.3 Å². The fourth-order valence-corrected chi connectivity index (χ4v) is 3.08. The summed E-state index contributed by atoms with van der Waals surface area (Å²) in [5, 5.41) is 0. The molecule has 0 aliphatic carbocycles. The Hall–Kier alpha value is -2.65. The van der Waals surface area contributed by atoms with E-state index in [1.807, 2.05) is 18.2 Å². The topological polar surface area (TPSA) is 45.9 Å². The van der Waals surface area contributed by atoms with E-state index in [0.717, 1.165) is 43.1 Å². The molecule has 0 saturated carbocycles. The van der Waals surface area contributed by atoms with Gasteiger partial charge in [-0.05, 0) is 18.6 Å². The summed E-state index contributed by atoms with van der Waals surface area (Å²) >= 11 is 0. The molecule has 116 valence electrons. The molecule has 1 fully saturated rings. The number of nitrogens with zero attached hydrogens (tertiary/aromatic N) is 5. The third kappa shape index (κ3) is 2.49. The van der Waals surface area contributed by atoms with Gasteiger partial charge in [-0.1, -0.05) is 29.8 Å². The zero-order valence-electron chi connectivity index (χ0n) is 12.8. The van der Waals surface area contributed by atoms with Crippen LogP contribution in [0.2, 0.25) is 0 Å². The Bertz CT molecular complexity index is 750. The lowest BCUT2D eigenvalue weighted by Gasteiger charge is -2.26. The van der Waals surface area contributed by atoms with Crippen LogP contribution in [0.5, 0.6) is 0 Å². The average molecular weight is 307 g/mol. The first-order chi connectivity index (χ1) is 11.4. The number of aromatic nitrogens is 2. The molecule has 1 aromatic carbocycles. The molecule has 1 saturated heterocycles. The van der Waals surface area contributed by atoms with E-state index in [9.17, 15) is 0 Å². The lowest BCUT2D eigenvalue weighted by Crippen LogP contribution is -2.37. The van der Waals surface area contributed by atoms with E-state index >= 15 is 0 Å². The number of anilines is 3. The molecule has 0 amide bonds. The van der Waals surface area contributed by atoms with E-state index in [1.54, 1.807) is 0 Å². The van der Waals surface area contributed by atoms with Gasteiger partial charge in [0.2, 0.25) is 0 Å². The molecule has 6 heteroatoms. The van der Waals surface area contributed by atoms with Gasteiger partial charge in [-0.25, -0.2) is 0 Å². The summed E-state index contributed by atoms with van der Waals surface area (Å²) < 4.78 is 5.39. The minimum absolute atomic E-state index is 0.481. The number of ether oxygens (including phenoxy) is 1. The molecule has 1 aromatic heterocycles. The smallest absolute Gasteiger partial charge is 0.324 e. The van der Waals surface area contributed by atoms with Crippen molar-refractivity contribution in [1.82, 2.24) is 9.97 Å². The van der Waals surface area contributed by atoms with Crippen molar-refractivity contribution >= 4 is 23.3 Å². The SMILES string of the molecule is [C-]#[N+]c1nc(N2CCOCC2)nc2c1CCN2c1ccccc1. The van der Waals surface area contributed by atoms with Crippen molar-refractivity contribution in [3.8, 4) is 0 Å². The van der Waals surface area contributed by atoms with E-state index < -0.39 is 0 Å². The van der Waals surface area contributed by atoms with Crippen molar-refractivity contribution in [2.75, 3.05) is 42.6 Å². The van der Waals surface area contributed by atoms with Crippen molar-refractivity contribution < 1.29 is 4.74 Å². The average Bonchev–Trinajstić information content (AvgIpc) is 3.06. The van der Waals surface area contributed by atoms with E-state index in [2.05, 4.69) is 31.8 Å². The Morgan fingerprint density at radius 3 is 2.57 bits per heavy atom. The van der Waals surface area contributed by atoms with Crippen molar-refractivity contribution in [1.29, 1.82) is 0 Å². The van der Waals surface area contributed by atoms with Gasteiger partial charge < -0.3 is 19.4 Å². The van der Waals surface area contributed by atoms with Gasteiger partial charge in [0.15, 0.2) is 0 Å². The molecule has 2 aromatic rings. The van der Waals surface area contributed by atoms with Crippen molar-refractivity contribution in [2.45, 2.75) is 6.42 Å². The maximum atomic E-state index is 7.47. The second-order valence-electron chi connectivity index (χ2n) is 5.60. The van der Waals surface area contributed by atoms with Crippen LogP contribution in [0.25, 0.3) is 4.85 Å². The standard InChI is InChI=1S/C17H17N5O/c1-18-15-14-7-8-22(13-5-3-2-4-6-13)16(14)20-17(19-15)21-9-11-23-12-10-21/h2-6H,7-12H2. The highest BCUT2D eigenvalue weighted by Gasteiger charge is 2.29. The Labute approximate surface area is 135 Å². The number of fused-ring (bicyclic) bond motifs is 1. The van der Waals surface area contributed by atoms with Gasteiger partial charge in [-0.2, -0.15) is 4.98 Å². The molecule has 2 aliphatic heterocycles. The molecule has 6 nitrogen and oxygen atoms in total. The van der Waals surface area contributed by atoms with Crippen molar-refractivity contribution in [3.63, 3.8) is 0 Å². The molecule has 0 unspecified atom stereocenters. The lowest BCUT2D eigenvalue weighted by molar-refractivity contribution is 0.122. The lowest BCUT2D eigenvalue weighted by atomic mass is 10.2. The van der Waals surface area contributed by atoms with E-state index in [1.165, 1.54) is 0 Å².